The lowest BCUT2D eigenvalue weighted by molar-refractivity contribution is 0.260. The Balaban J connectivity index is 2.40. The van der Waals surface area contributed by atoms with Crippen LogP contribution in [-0.4, -0.2) is 20.9 Å². The van der Waals surface area contributed by atoms with Gasteiger partial charge in [0.1, 0.15) is 0 Å². The van der Waals surface area contributed by atoms with Crippen molar-refractivity contribution in [3.05, 3.63) is 65.7 Å². The van der Waals surface area contributed by atoms with Gasteiger partial charge in [0.2, 0.25) is 5.90 Å². The van der Waals surface area contributed by atoms with E-state index in [1.165, 1.54) is 0 Å². The van der Waals surface area contributed by atoms with Crippen LogP contribution in [-0.2, 0) is 14.8 Å². The molecule has 0 amide bonds. The summed E-state index contributed by atoms with van der Waals surface area (Å²) in [5.74, 6) is 0.394. The minimum atomic E-state index is -3.81. The van der Waals surface area contributed by atoms with Gasteiger partial charge in [-0.15, -0.1) is 4.40 Å². The molecule has 2 aromatic carbocycles. The lowest BCUT2D eigenvalue weighted by Crippen LogP contribution is -2.14. The van der Waals surface area contributed by atoms with E-state index in [1.54, 1.807) is 36.4 Å². The van der Waals surface area contributed by atoms with Crippen molar-refractivity contribution in [2.45, 2.75) is 25.7 Å². The van der Waals surface area contributed by atoms with Crippen molar-refractivity contribution in [3.63, 3.8) is 0 Å². The number of benzene rings is 2. The summed E-state index contributed by atoms with van der Waals surface area (Å²) in [7, 11) is -3.81. The van der Waals surface area contributed by atoms with Gasteiger partial charge in [-0.1, -0.05) is 49.7 Å². The first-order valence-electron chi connectivity index (χ1n) is 7.48. The molecule has 0 aliphatic rings. The minimum Gasteiger partial charge on any atom is -0.476 e. The fraction of sp³-hybridized carbons (Fsp3) is 0.278. The van der Waals surface area contributed by atoms with Gasteiger partial charge in [0.25, 0.3) is 10.0 Å². The summed E-state index contributed by atoms with van der Waals surface area (Å²) < 4.78 is 34.6. The fourth-order valence-electron chi connectivity index (χ4n) is 1.86. The van der Waals surface area contributed by atoms with Crippen molar-refractivity contribution in [3.8, 4) is 0 Å². The van der Waals surface area contributed by atoms with E-state index in [4.69, 9.17) is 4.74 Å². The van der Waals surface area contributed by atoms with E-state index in [2.05, 4.69) is 4.40 Å². The van der Waals surface area contributed by atoms with Crippen molar-refractivity contribution >= 4 is 15.9 Å². The summed E-state index contributed by atoms with van der Waals surface area (Å²) in [4.78, 5) is 0.157. The summed E-state index contributed by atoms with van der Waals surface area (Å²) in [5.41, 5.74) is 1.64. The summed E-state index contributed by atoms with van der Waals surface area (Å²) in [6, 6.07) is 15.7. The first kappa shape index (κ1) is 17.2. The highest BCUT2D eigenvalue weighted by molar-refractivity contribution is 7.90. The smallest absolute Gasteiger partial charge is 0.285 e. The number of rotatable bonds is 5. The van der Waals surface area contributed by atoms with Crippen LogP contribution in [0.5, 0.6) is 0 Å². The Bertz CT molecular complexity index is 764. The first-order valence-corrected chi connectivity index (χ1v) is 8.92. The second-order valence-corrected chi connectivity index (χ2v) is 7.36. The van der Waals surface area contributed by atoms with Crippen LogP contribution in [0.2, 0.25) is 0 Å². The molecule has 2 rings (SSSR count). The maximum Gasteiger partial charge on any atom is 0.285 e. The van der Waals surface area contributed by atoms with Crippen LogP contribution >= 0.6 is 0 Å². The molecule has 0 fully saturated rings. The Hall–Kier alpha value is -2.14. The monoisotopic (exact) mass is 331 g/mol. The van der Waals surface area contributed by atoms with Crippen molar-refractivity contribution < 1.29 is 13.2 Å². The molecule has 0 radical (unpaired) electrons. The largest absolute Gasteiger partial charge is 0.476 e. The molecule has 23 heavy (non-hydrogen) atoms. The molecule has 0 heterocycles. The second-order valence-electron chi connectivity index (χ2n) is 5.76. The maximum atomic E-state index is 12.5. The molecule has 0 spiro atoms. The molecule has 0 aliphatic heterocycles. The maximum absolute atomic E-state index is 12.5. The van der Waals surface area contributed by atoms with Gasteiger partial charge >= 0.3 is 0 Å². The zero-order valence-electron chi connectivity index (χ0n) is 13.6. The Kier molecular flexibility index (Phi) is 5.55. The SMILES string of the molecule is Cc1ccc(S(=O)(=O)/N=C(/OCC(C)C)c2ccccc2)cc1. The van der Waals surface area contributed by atoms with Crippen LogP contribution in [0, 0.1) is 12.8 Å². The average molecular weight is 331 g/mol. The predicted octanol–water partition coefficient (Wildman–Crippen LogP) is 3.80. The molecular formula is C18H21NO3S. The third-order valence-corrected chi connectivity index (χ3v) is 4.37. The number of nitrogens with zero attached hydrogens (tertiary/aromatic N) is 1. The van der Waals surface area contributed by atoms with E-state index in [0.29, 0.717) is 12.2 Å². The van der Waals surface area contributed by atoms with Gasteiger partial charge in [0, 0.05) is 5.56 Å². The predicted molar refractivity (Wildman–Crippen MR) is 92.1 cm³/mol. The average Bonchev–Trinajstić information content (AvgIpc) is 2.52. The molecule has 2 aromatic rings. The third-order valence-electron chi connectivity index (χ3n) is 3.10. The van der Waals surface area contributed by atoms with Crippen LogP contribution in [0.15, 0.2) is 63.9 Å². The van der Waals surface area contributed by atoms with Crippen LogP contribution in [0.4, 0.5) is 0 Å². The molecule has 122 valence electrons. The van der Waals surface area contributed by atoms with E-state index in [-0.39, 0.29) is 16.7 Å². The topological polar surface area (TPSA) is 55.7 Å². The second kappa shape index (κ2) is 7.42. The molecule has 0 unspecified atom stereocenters. The van der Waals surface area contributed by atoms with Gasteiger partial charge < -0.3 is 4.74 Å². The lowest BCUT2D eigenvalue weighted by Gasteiger charge is -2.11. The van der Waals surface area contributed by atoms with Gasteiger partial charge in [-0.05, 0) is 37.1 Å². The molecule has 0 aliphatic carbocycles. The number of sulfonamides is 1. The highest BCUT2D eigenvalue weighted by atomic mass is 32.2. The van der Waals surface area contributed by atoms with E-state index in [1.807, 2.05) is 39.0 Å². The van der Waals surface area contributed by atoms with E-state index in [0.717, 1.165) is 5.56 Å². The number of aryl methyl sites for hydroxylation is 1. The van der Waals surface area contributed by atoms with Crippen LogP contribution < -0.4 is 0 Å². The van der Waals surface area contributed by atoms with Gasteiger partial charge in [-0.3, -0.25) is 0 Å². The van der Waals surface area contributed by atoms with Crippen LogP contribution in [0.25, 0.3) is 0 Å². The van der Waals surface area contributed by atoms with Crippen molar-refractivity contribution in [2.75, 3.05) is 6.61 Å². The first-order chi connectivity index (χ1) is 10.9. The van der Waals surface area contributed by atoms with Crippen molar-refractivity contribution in [1.29, 1.82) is 0 Å². The molecule has 0 aromatic heterocycles. The summed E-state index contributed by atoms with van der Waals surface area (Å²) in [5, 5.41) is 0. The summed E-state index contributed by atoms with van der Waals surface area (Å²) in [6.45, 7) is 6.30. The third kappa shape index (κ3) is 4.93. The van der Waals surface area contributed by atoms with Gasteiger partial charge in [0.15, 0.2) is 0 Å². The van der Waals surface area contributed by atoms with Gasteiger partial charge in [0.05, 0.1) is 11.5 Å². The van der Waals surface area contributed by atoms with E-state index < -0.39 is 10.0 Å². The van der Waals surface area contributed by atoms with Crippen molar-refractivity contribution in [2.24, 2.45) is 10.3 Å². The zero-order valence-corrected chi connectivity index (χ0v) is 14.4. The van der Waals surface area contributed by atoms with Crippen molar-refractivity contribution in [1.82, 2.24) is 0 Å². The summed E-state index contributed by atoms with van der Waals surface area (Å²) >= 11 is 0. The normalized spacial score (nSPS) is 12.4. The molecule has 0 saturated heterocycles. The van der Waals surface area contributed by atoms with Gasteiger partial charge in [-0.2, -0.15) is 8.42 Å². The molecule has 4 nitrogen and oxygen atoms in total. The number of hydrogen-bond donors (Lipinski definition) is 0. The Morgan fingerprint density at radius 2 is 1.65 bits per heavy atom. The fourth-order valence-corrected chi connectivity index (χ4v) is 2.82. The Morgan fingerprint density at radius 3 is 2.22 bits per heavy atom. The Labute approximate surface area is 137 Å². The number of hydrogen-bond acceptors (Lipinski definition) is 3. The minimum absolute atomic E-state index is 0.125. The standard InChI is InChI=1S/C18H21NO3S/c1-14(2)13-22-18(16-7-5-4-6-8-16)19-23(20,21)17-11-9-15(3)10-12-17/h4-12,14H,13H2,1-3H3/b19-18+. The van der Waals surface area contributed by atoms with E-state index >= 15 is 0 Å². The molecule has 0 saturated carbocycles. The molecule has 5 heteroatoms. The van der Waals surface area contributed by atoms with Crippen LogP contribution in [0.3, 0.4) is 0 Å². The lowest BCUT2D eigenvalue weighted by atomic mass is 10.2. The molecule has 0 bridgehead atoms. The highest BCUT2D eigenvalue weighted by Crippen LogP contribution is 2.16. The summed E-state index contributed by atoms with van der Waals surface area (Å²) in [6.07, 6.45) is 0. The van der Waals surface area contributed by atoms with Gasteiger partial charge in [-0.25, -0.2) is 0 Å². The van der Waals surface area contributed by atoms with Crippen LogP contribution in [0.1, 0.15) is 25.0 Å². The highest BCUT2D eigenvalue weighted by Gasteiger charge is 2.16. The number of ether oxygens (including phenoxy) is 1. The van der Waals surface area contributed by atoms with E-state index in [9.17, 15) is 8.42 Å². The molecule has 0 N–H and O–H groups in total. The molecular weight excluding hydrogens is 310 g/mol. The zero-order chi connectivity index (χ0) is 16.9. The quantitative estimate of drug-likeness (QED) is 0.618. The molecule has 0 atom stereocenters. The Morgan fingerprint density at radius 1 is 1.04 bits per heavy atom.